The zero-order valence-electron chi connectivity index (χ0n) is 9.32. The molecule has 2 aromatic rings. The zero-order chi connectivity index (χ0) is 12.3. The predicted octanol–water partition coefficient (Wildman–Crippen LogP) is 3.28. The lowest BCUT2D eigenvalue weighted by atomic mass is 10.2. The van der Waals surface area contributed by atoms with Crippen LogP contribution in [0.5, 0.6) is 0 Å². The fourth-order valence-electron chi connectivity index (χ4n) is 1.51. The van der Waals surface area contributed by atoms with Gasteiger partial charge in [0.1, 0.15) is 11.0 Å². The minimum absolute atomic E-state index is 0.543. The highest BCUT2D eigenvalue weighted by Crippen LogP contribution is 2.20. The van der Waals surface area contributed by atoms with Crippen molar-refractivity contribution in [2.45, 2.75) is 19.8 Å². The molecule has 3 nitrogen and oxygen atoms in total. The smallest absolute Gasteiger partial charge is 0.146 e. The molecule has 0 atom stereocenters. The summed E-state index contributed by atoms with van der Waals surface area (Å²) in [6, 6.07) is 3.92. The molecule has 0 N–H and O–H groups in total. The van der Waals surface area contributed by atoms with Gasteiger partial charge < -0.3 is 0 Å². The molecule has 0 aromatic carbocycles. The Bertz CT molecular complexity index is 517. The molecule has 0 saturated carbocycles. The van der Waals surface area contributed by atoms with Crippen LogP contribution < -0.4 is 0 Å². The number of pyridine rings is 1. The average molecular weight is 360 g/mol. The number of halogens is 2. The van der Waals surface area contributed by atoms with Gasteiger partial charge in [0.25, 0.3) is 0 Å². The van der Waals surface area contributed by atoms with E-state index in [9.17, 15) is 0 Å². The molecule has 0 unspecified atom stereocenters. The first-order chi connectivity index (χ1) is 8.20. The van der Waals surface area contributed by atoms with E-state index in [1.54, 1.807) is 12.4 Å². The summed E-state index contributed by atoms with van der Waals surface area (Å²) < 4.78 is 0.949. The SMILES string of the molecule is CCc1nc(Cc2ccncc2)nc(Cl)c1I. The van der Waals surface area contributed by atoms with Crippen molar-refractivity contribution in [3.63, 3.8) is 0 Å². The summed E-state index contributed by atoms with van der Waals surface area (Å²) in [6.45, 7) is 2.07. The highest BCUT2D eigenvalue weighted by atomic mass is 127. The van der Waals surface area contributed by atoms with E-state index < -0.39 is 0 Å². The summed E-state index contributed by atoms with van der Waals surface area (Å²) >= 11 is 8.28. The monoisotopic (exact) mass is 359 g/mol. The van der Waals surface area contributed by atoms with Crippen LogP contribution in [0.15, 0.2) is 24.5 Å². The Morgan fingerprint density at radius 3 is 2.59 bits per heavy atom. The van der Waals surface area contributed by atoms with Gasteiger partial charge in [0.15, 0.2) is 0 Å². The number of hydrogen-bond donors (Lipinski definition) is 0. The molecule has 0 saturated heterocycles. The van der Waals surface area contributed by atoms with E-state index in [-0.39, 0.29) is 0 Å². The molecule has 5 heteroatoms. The Morgan fingerprint density at radius 1 is 1.24 bits per heavy atom. The van der Waals surface area contributed by atoms with E-state index in [0.29, 0.717) is 11.6 Å². The van der Waals surface area contributed by atoms with Gasteiger partial charge in [-0.1, -0.05) is 18.5 Å². The van der Waals surface area contributed by atoms with E-state index in [4.69, 9.17) is 11.6 Å². The van der Waals surface area contributed by atoms with Crippen LogP contribution >= 0.6 is 34.2 Å². The van der Waals surface area contributed by atoms with Crippen LogP contribution in [-0.2, 0) is 12.8 Å². The van der Waals surface area contributed by atoms with Crippen molar-refractivity contribution >= 4 is 34.2 Å². The molecule has 0 spiro atoms. The summed E-state index contributed by atoms with van der Waals surface area (Å²) in [5.41, 5.74) is 2.15. The third kappa shape index (κ3) is 3.13. The first-order valence-electron chi connectivity index (χ1n) is 5.30. The molecule has 2 aromatic heterocycles. The van der Waals surface area contributed by atoms with Crippen LogP contribution in [0.2, 0.25) is 5.15 Å². The van der Waals surface area contributed by atoms with Crippen molar-refractivity contribution in [1.29, 1.82) is 0 Å². The molecule has 0 aliphatic heterocycles. The van der Waals surface area contributed by atoms with Gasteiger partial charge in [-0.2, -0.15) is 0 Å². The van der Waals surface area contributed by atoms with Crippen LogP contribution in [0.25, 0.3) is 0 Å². The standard InChI is InChI=1S/C12H11ClIN3/c1-2-9-11(14)12(13)17-10(16-9)7-8-3-5-15-6-4-8/h3-6H,2,7H2,1H3. The second kappa shape index (κ2) is 5.73. The lowest BCUT2D eigenvalue weighted by Gasteiger charge is -2.06. The number of rotatable bonds is 3. The summed E-state index contributed by atoms with van der Waals surface area (Å²) in [5, 5.41) is 0.543. The van der Waals surface area contributed by atoms with Gasteiger partial charge in [-0.25, -0.2) is 9.97 Å². The van der Waals surface area contributed by atoms with Gasteiger partial charge in [0.05, 0.1) is 9.26 Å². The lowest BCUT2D eigenvalue weighted by Crippen LogP contribution is -2.03. The topological polar surface area (TPSA) is 38.7 Å². The maximum absolute atomic E-state index is 6.09. The maximum atomic E-state index is 6.09. The van der Waals surface area contributed by atoms with Gasteiger partial charge in [0, 0.05) is 18.8 Å². The first kappa shape index (κ1) is 12.7. The third-order valence-electron chi connectivity index (χ3n) is 2.37. The second-order valence-corrected chi connectivity index (χ2v) is 5.01. The molecule has 2 rings (SSSR count). The molecular formula is C12H11ClIN3. The average Bonchev–Trinajstić information content (AvgIpc) is 2.35. The van der Waals surface area contributed by atoms with Crippen LogP contribution in [0.4, 0.5) is 0 Å². The molecule has 0 bridgehead atoms. The van der Waals surface area contributed by atoms with Crippen molar-refractivity contribution in [1.82, 2.24) is 15.0 Å². The Kier molecular flexibility index (Phi) is 4.28. The van der Waals surface area contributed by atoms with E-state index in [1.807, 2.05) is 12.1 Å². The van der Waals surface area contributed by atoms with E-state index >= 15 is 0 Å². The Balaban J connectivity index is 2.31. The van der Waals surface area contributed by atoms with Gasteiger partial charge >= 0.3 is 0 Å². The number of nitrogens with zero attached hydrogens (tertiary/aromatic N) is 3. The van der Waals surface area contributed by atoms with Crippen molar-refractivity contribution in [3.8, 4) is 0 Å². The van der Waals surface area contributed by atoms with Gasteiger partial charge in [-0.15, -0.1) is 0 Å². The van der Waals surface area contributed by atoms with Crippen molar-refractivity contribution in [2.75, 3.05) is 0 Å². The van der Waals surface area contributed by atoms with Gasteiger partial charge in [0.2, 0.25) is 0 Å². The molecule has 17 heavy (non-hydrogen) atoms. The number of aryl methyl sites for hydroxylation is 1. The fourth-order valence-corrected chi connectivity index (χ4v) is 2.34. The zero-order valence-corrected chi connectivity index (χ0v) is 12.2. The fraction of sp³-hybridized carbons (Fsp3) is 0.250. The van der Waals surface area contributed by atoms with E-state index in [0.717, 1.165) is 27.1 Å². The Hall–Kier alpha value is -0.750. The normalized spacial score (nSPS) is 10.5. The first-order valence-corrected chi connectivity index (χ1v) is 6.76. The van der Waals surface area contributed by atoms with E-state index in [2.05, 4.69) is 44.5 Å². The molecular weight excluding hydrogens is 349 g/mol. The summed E-state index contributed by atoms with van der Waals surface area (Å²) in [4.78, 5) is 12.8. The van der Waals surface area contributed by atoms with Crippen molar-refractivity contribution in [3.05, 3.63) is 50.3 Å². The predicted molar refractivity (Wildman–Crippen MR) is 76.2 cm³/mol. The Labute approximate surface area is 119 Å². The molecule has 0 aliphatic carbocycles. The highest BCUT2D eigenvalue weighted by Gasteiger charge is 2.09. The van der Waals surface area contributed by atoms with Crippen LogP contribution in [0.3, 0.4) is 0 Å². The van der Waals surface area contributed by atoms with Crippen LogP contribution in [0, 0.1) is 3.57 Å². The maximum Gasteiger partial charge on any atom is 0.146 e. The molecule has 0 amide bonds. The van der Waals surface area contributed by atoms with Gasteiger partial charge in [-0.3, -0.25) is 4.98 Å². The van der Waals surface area contributed by atoms with Crippen molar-refractivity contribution < 1.29 is 0 Å². The quantitative estimate of drug-likeness (QED) is 0.623. The summed E-state index contributed by atoms with van der Waals surface area (Å²) in [7, 11) is 0. The van der Waals surface area contributed by atoms with Crippen LogP contribution in [0.1, 0.15) is 24.0 Å². The number of hydrogen-bond acceptors (Lipinski definition) is 3. The highest BCUT2D eigenvalue weighted by molar-refractivity contribution is 14.1. The van der Waals surface area contributed by atoms with E-state index in [1.165, 1.54) is 0 Å². The van der Waals surface area contributed by atoms with Gasteiger partial charge in [-0.05, 0) is 46.7 Å². The third-order valence-corrected chi connectivity index (χ3v) is 4.10. The minimum Gasteiger partial charge on any atom is -0.265 e. The second-order valence-electron chi connectivity index (χ2n) is 3.58. The molecule has 0 radical (unpaired) electrons. The lowest BCUT2D eigenvalue weighted by molar-refractivity contribution is 0.894. The Morgan fingerprint density at radius 2 is 1.94 bits per heavy atom. The molecule has 0 fully saturated rings. The largest absolute Gasteiger partial charge is 0.265 e. The molecule has 0 aliphatic rings. The van der Waals surface area contributed by atoms with Crippen molar-refractivity contribution in [2.24, 2.45) is 0 Å². The summed E-state index contributed by atoms with van der Waals surface area (Å²) in [6.07, 6.45) is 5.09. The molecule has 88 valence electrons. The summed E-state index contributed by atoms with van der Waals surface area (Å²) in [5.74, 6) is 0.762. The molecule has 2 heterocycles. The number of aromatic nitrogens is 3. The van der Waals surface area contributed by atoms with Crippen LogP contribution in [-0.4, -0.2) is 15.0 Å². The minimum atomic E-state index is 0.543.